The number of rotatable bonds is 1. The standard InChI is InChI=1S/C17H26N2O2/c1-17(2,3)15-16(21)19(7-6-11(20)18-15)14-12-9-4-5-10(8-9)13(12)14/h9-10,12-15H,4-8H2,1-3H3,(H,18,20). The molecule has 4 nitrogen and oxygen atoms in total. The number of nitrogens with one attached hydrogen (secondary N) is 1. The first-order valence-electron chi connectivity index (χ1n) is 8.48. The smallest absolute Gasteiger partial charge is 0.245 e. The van der Waals surface area contributed by atoms with Gasteiger partial charge in [0.1, 0.15) is 6.04 Å². The molecule has 1 heterocycles. The highest BCUT2D eigenvalue weighted by atomic mass is 16.2. The number of nitrogens with zero attached hydrogens (tertiary/aromatic N) is 1. The third-order valence-electron chi connectivity index (χ3n) is 6.34. The van der Waals surface area contributed by atoms with E-state index in [1.54, 1.807) is 0 Å². The van der Waals surface area contributed by atoms with Crippen LogP contribution >= 0.6 is 0 Å². The zero-order chi connectivity index (χ0) is 14.9. The van der Waals surface area contributed by atoms with Crippen LogP contribution in [0, 0.1) is 29.1 Å². The monoisotopic (exact) mass is 290 g/mol. The maximum absolute atomic E-state index is 13.0. The van der Waals surface area contributed by atoms with Gasteiger partial charge < -0.3 is 10.2 Å². The van der Waals surface area contributed by atoms with E-state index in [0.717, 1.165) is 23.7 Å². The SMILES string of the molecule is CC(C)(C)C1NC(=O)CCN(C2C3C4CCC(C4)C32)C1=O. The van der Waals surface area contributed by atoms with Crippen LogP contribution in [0.5, 0.6) is 0 Å². The van der Waals surface area contributed by atoms with E-state index < -0.39 is 0 Å². The molecule has 5 atom stereocenters. The van der Waals surface area contributed by atoms with E-state index in [9.17, 15) is 9.59 Å². The molecule has 4 aliphatic rings. The fraction of sp³-hybridized carbons (Fsp3) is 0.882. The quantitative estimate of drug-likeness (QED) is 0.800. The van der Waals surface area contributed by atoms with Crippen molar-refractivity contribution in [2.24, 2.45) is 29.1 Å². The summed E-state index contributed by atoms with van der Waals surface area (Å²) in [5.41, 5.74) is -0.224. The third kappa shape index (κ3) is 1.94. The summed E-state index contributed by atoms with van der Waals surface area (Å²) in [7, 11) is 0. The highest BCUT2D eigenvalue weighted by Gasteiger charge is 2.67. The lowest BCUT2D eigenvalue weighted by Crippen LogP contribution is -2.52. The fourth-order valence-electron chi connectivity index (χ4n) is 5.37. The van der Waals surface area contributed by atoms with E-state index in [1.807, 2.05) is 20.8 Å². The summed E-state index contributed by atoms with van der Waals surface area (Å²) in [6.45, 7) is 6.73. The van der Waals surface area contributed by atoms with Crippen LogP contribution in [-0.4, -0.2) is 35.3 Å². The molecule has 0 aromatic carbocycles. The van der Waals surface area contributed by atoms with E-state index in [4.69, 9.17) is 0 Å². The summed E-state index contributed by atoms with van der Waals surface area (Å²) < 4.78 is 0. The van der Waals surface area contributed by atoms with E-state index >= 15 is 0 Å². The van der Waals surface area contributed by atoms with Crippen molar-refractivity contribution < 1.29 is 9.59 Å². The van der Waals surface area contributed by atoms with E-state index in [2.05, 4.69) is 10.2 Å². The number of carbonyl (C=O) groups excluding carboxylic acids is 2. The Bertz CT molecular complexity index is 480. The minimum absolute atomic E-state index is 0.0274. The van der Waals surface area contributed by atoms with Crippen molar-refractivity contribution in [1.82, 2.24) is 10.2 Å². The van der Waals surface area contributed by atoms with Gasteiger partial charge >= 0.3 is 0 Å². The fourth-order valence-corrected chi connectivity index (χ4v) is 5.37. The van der Waals surface area contributed by atoms with Crippen LogP contribution in [-0.2, 0) is 9.59 Å². The Labute approximate surface area is 126 Å². The highest BCUT2D eigenvalue weighted by molar-refractivity contribution is 5.91. The Morgan fingerprint density at radius 3 is 2.29 bits per heavy atom. The van der Waals surface area contributed by atoms with Gasteiger partial charge in [-0.05, 0) is 48.3 Å². The van der Waals surface area contributed by atoms with Crippen LogP contribution in [0.25, 0.3) is 0 Å². The average molecular weight is 290 g/mol. The second-order valence-electron chi connectivity index (χ2n) is 8.63. The molecule has 0 aromatic rings. The average Bonchev–Trinajstić information content (AvgIpc) is 2.87. The van der Waals surface area contributed by atoms with Gasteiger partial charge in [0, 0.05) is 19.0 Å². The zero-order valence-electron chi connectivity index (χ0n) is 13.3. The van der Waals surface area contributed by atoms with Crippen molar-refractivity contribution in [3.05, 3.63) is 0 Å². The molecule has 4 rings (SSSR count). The first-order chi connectivity index (χ1) is 9.88. The second kappa shape index (κ2) is 4.23. The van der Waals surface area contributed by atoms with Crippen molar-refractivity contribution in [3.8, 4) is 0 Å². The lowest BCUT2D eigenvalue weighted by molar-refractivity contribution is -0.137. The lowest BCUT2D eigenvalue weighted by Gasteiger charge is -2.33. The Morgan fingerprint density at radius 1 is 1.10 bits per heavy atom. The highest BCUT2D eigenvalue weighted by Crippen LogP contribution is 2.67. The Hall–Kier alpha value is -1.06. The van der Waals surface area contributed by atoms with Gasteiger partial charge in [0.05, 0.1) is 0 Å². The Morgan fingerprint density at radius 2 is 1.71 bits per heavy atom. The molecule has 2 bridgehead atoms. The van der Waals surface area contributed by atoms with Gasteiger partial charge in [0.25, 0.3) is 0 Å². The van der Waals surface area contributed by atoms with Crippen molar-refractivity contribution in [3.63, 3.8) is 0 Å². The summed E-state index contributed by atoms with van der Waals surface area (Å²) in [6, 6.07) is 0.0766. The molecule has 2 amide bonds. The van der Waals surface area contributed by atoms with Crippen molar-refractivity contribution >= 4 is 11.8 Å². The molecule has 4 heteroatoms. The van der Waals surface area contributed by atoms with Gasteiger partial charge in [0.15, 0.2) is 0 Å². The van der Waals surface area contributed by atoms with Crippen LogP contribution in [0.3, 0.4) is 0 Å². The minimum atomic E-state index is -0.369. The first-order valence-corrected chi connectivity index (χ1v) is 8.48. The molecule has 1 N–H and O–H groups in total. The van der Waals surface area contributed by atoms with Gasteiger partial charge in [-0.1, -0.05) is 20.8 Å². The van der Waals surface area contributed by atoms with Gasteiger partial charge in [-0.15, -0.1) is 0 Å². The predicted octanol–water partition coefficient (Wildman–Crippen LogP) is 1.79. The molecule has 4 fully saturated rings. The number of hydrogen-bond donors (Lipinski definition) is 1. The molecular formula is C17H26N2O2. The van der Waals surface area contributed by atoms with E-state index in [1.165, 1.54) is 19.3 Å². The summed E-state index contributed by atoms with van der Waals surface area (Å²) >= 11 is 0. The molecule has 0 radical (unpaired) electrons. The summed E-state index contributed by atoms with van der Waals surface area (Å²) in [4.78, 5) is 27.0. The molecular weight excluding hydrogens is 264 g/mol. The van der Waals surface area contributed by atoms with Crippen molar-refractivity contribution in [1.29, 1.82) is 0 Å². The summed E-state index contributed by atoms with van der Waals surface area (Å²) in [6.07, 6.45) is 4.59. The third-order valence-corrected chi connectivity index (χ3v) is 6.34. The molecule has 1 aliphatic heterocycles. The van der Waals surface area contributed by atoms with Crippen LogP contribution in [0.1, 0.15) is 46.5 Å². The maximum Gasteiger partial charge on any atom is 0.245 e. The van der Waals surface area contributed by atoms with Gasteiger partial charge in [-0.25, -0.2) is 0 Å². The van der Waals surface area contributed by atoms with E-state index in [0.29, 0.717) is 19.0 Å². The topological polar surface area (TPSA) is 49.4 Å². The van der Waals surface area contributed by atoms with Crippen LogP contribution < -0.4 is 5.32 Å². The molecule has 3 aliphatic carbocycles. The predicted molar refractivity (Wildman–Crippen MR) is 79.3 cm³/mol. The number of hydrogen-bond acceptors (Lipinski definition) is 2. The van der Waals surface area contributed by atoms with Gasteiger partial charge in [-0.3, -0.25) is 9.59 Å². The number of fused-ring (bicyclic) bond motifs is 5. The summed E-state index contributed by atoms with van der Waals surface area (Å²) in [5, 5.41) is 2.95. The largest absolute Gasteiger partial charge is 0.344 e. The normalized spacial score (nSPS) is 45.4. The lowest BCUT2D eigenvalue weighted by atomic mass is 9.85. The molecule has 116 valence electrons. The van der Waals surface area contributed by atoms with E-state index in [-0.39, 0.29) is 23.3 Å². The van der Waals surface area contributed by atoms with Gasteiger partial charge in [-0.2, -0.15) is 0 Å². The molecule has 5 unspecified atom stereocenters. The molecule has 0 aromatic heterocycles. The second-order valence-corrected chi connectivity index (χ2v) is 8.63. The van der Waals surface area contributed by atoms with Crippen LogP contribution in [0.2, 0.25) is 0 Å². The Kier molecular flexibility index (Phi) is 2.74. The molecule has 0 spiro atoms. The van der Waals surface area contributed by atoms with Crippen molar-refractivity contribution in [2.45, 2.75) is 58.5 Å². The maximum atomic E-state index is 13.0. The molecule has 1 saturated heterocycles. The zero-order valence-corrected chi connectivity index (χ0v) is 13.3. The van der Waals surface area contributed by atoms with Crippen LogP contribution in [0.15, 0.2) is 0 Å². The summed E-state index contributed by atoms with van der Waals surface area (Å²) in [5.74, 6) is 3.41. The van der Waals surface area contributed by atoms with Gasteiger partial charge in [0.2, 0.25) is 11.8 Å². The van der Waals surface area contributed by atoms with Crippen LogP contribution in [0.4, 0.5) is 0 Å². The number of carbonyl (C=O) groups is 2. The molecule has 21 heavy (non-hydrogen) atoms. The minimum Gasteiger partial charge on any atom is -0.344 e. The first kappa shape index (κ1) is 13.6. The Balaban J connectivity index is 1.58. The molecule has 3 saturated carbocycles. The number of amides is 2. The van der Waals surface area contributed by atoms with Crippen molar-refractivity contribution in [2.75, 3.05) is 6.54 Å².